The highest BCUT2D eigenvalue weighted by molar-refractivity contribution is 5.79. The van der Waals surface area contributed by atoms with Crippen molar-refractivity contribution in [3.05, 3.63) is 113 Å². The Hall–Kier alpha value is -2.93. The van der Waals surface area contributed by atoms with Gasteiger partial charge < -0.3 is 0 Å². The number of hydrogen-bond acceptors (Lipinski definition) is 1. The van der Waals surface area contributed by atoms with E-state index in [1.165, 1.54) is 22.1 Å². The van der Waals surface area contributed by atoms with Gasteiger partial charge in [-0.1, -0.05) is 84.4 Å². The highest BCUT2D eigenvalue weighted by Crippen LogP contribution is 2.17. The number of fused-ring (bicyclic) bond motifs is 1. The van der Waals surface area contributed by atoms with Crippen molar-refractivity contribution in [2.75, 3.05) is 0 Å². The molecule has 0 aliphatic heterocycles. The van der Waals surface area contributed by atoms with Crippen molar-refractivity contribution in [2.24, 2.45) is 0 Å². The normalized spacial score (nSPS) is 10.2. The van der Waals surface area contributed by atoms with Crippen molar-refractivity contribution in [3.63, 3.8) is 0 Å². The third-order valence-corrected chi connectivity index (χ3v) is 4.09. The zero-order chi connectivity index (χ0) is 17.5. The highest BCUT2D eigenvalue weighted by Gasteiger charge is 1.99. The van der Waals surface area contributed by atoms with E-state index in [1.807, 2.05) is 25.1 Å². The molecule has 0 spiro atoms. The summed E-state index contributed by atoms with van der Waals surface area (Å²) < 4.78 is 0. The molecule has 1 aromatic heterocycles. The van der Waals surface area contributed by atoms with Crippen molar-refractivity contribution < 1.29 is 0 Å². The number of benzene rings is 3. The molecule has 1 heterocycles. The summed E-state index contributed by atoms with van der Waals surface area (Å²) in [6.45, 7) is 4.11. The van der Waals surface area contributed by atoms with Gasteiger partial charge in [-0.15, -0.1) is 0 Å². The molecule has 0 aliphatic rings. The van der Waals surface area contributed by atoms with Crippen molar-refractivity contribution in [1.29, 1.82) is 0 Å². The van der Waals surface area contributed by atoms with Gasteiger partial charge in [0.25, 0.3) is 0 Å². The Balaban J connectivity index is 0.000000219. The highest BCUT2D eigenvalue weighted by atomic mass is 14.7. The Bertz CT molecular complexity index is 928. The first-order valence-corrected chi connectivity index (χ1v) is 8.62. The van der Waals surface area contributed by atoms with E-state index in [9.17, 15) is 0 Å². The van der Waals surface area contributed by atoms with Crippen molar-refractivity contribution in [3.8, 4) is 0 Å². The number of hydrogen-bond donors (Lipinski definition) is 0. The third-order valence-electron chi connectivity index (χ3n) is 4.09. The van der Waals surface area contributed by atoms with Crippen LogP contribution >= 0.6 is 0 Å². The Morgan fingerprint density at radius 3 is 1.92 bits per heavy atom. The largest absolute Gasteiger partial charge is 0.253 e. The van der Waals surface area contributed by atoms with E-state index in [4.69, 9.17) is 0 Å². The molecule has 4 aromatic rings. The van der Waals surface area contributed by atoms with Crippen LogP contribution in [0.4, 0.5) is 0 Å². The molecule has 0 radical (unpaired) electrons. The summed E-state index contributed by atoms with van der Waals surface area (Å²) >= 11 is 0. The van der Waals surface area contributed by atoms with Crippen molar-refractivity contribution >= 4 is 10.9 Å². The zero-order valence-corrected chi connectivity index (χ0v) is 14.8. The van der Waals surface area contributed by atoms with Crippen LogP contribution in [0.5, 0.6) is 0 Å². The molecule has 0 amide bonds. The lowest BCUT2D eigenvalue weighted by molar-refractivity contribution is 1.19. The average molecular weight is 325 g/mol. The first kappa shape index (κ1) is 16.9. The Morgan fingerprint density at radius 1 is 0.640 bits per heavy atom. The van der Waals surface area contributed by atoms with Gasteiger partial charge in [0.15, 0.2) is 0 Å². The minimum Gasteiger partial charge on any atom is -0.253 e. The Morgan fingerprint density at radius 2 is 1.28 bits per heavy atom. The second-order valence-corrected chi connectivity index (χ2v) is 6.30. The van der Waals surface area contributed by atoms with E-state index in [1.54, 1.807) is 0 Å². The predicted octanol–water partition coefficient (Wildman–Crippen LogP) is 6.13. The second-order valence-electron chi connectivity index (χ2n) is 6.30. The topological polar surface area (TPSA) is 12.9 Å². The molecule has 0 atom stereocenters. The molecule has 0 N–H and O–H groups in total. The summed E-state index contributed by atoms with van der Waals surface area (Å²) in [4.78, 5) is 4.58. The lowest BCUT2D eigenvalue weighted by Crippen LogP contribution is -1.89. The second kappa shape index (κ2) is 8.25. The first-order valence-electron chi connectivity index (χ1n) is 8.62. The summed E-state index contributed by atoms with van der Waals surface area (Å²) in [5.74, 6) is 0. The van der Waals surface area contributed by atoms with Crippen LogP contribution in [-0.2, 0) is 6.42 Å². The quantitative estimate of drug-likeness (QED) is 0.432. The molecule has 0 saturated carbocycles. The van der Waals surface area contributed by atoms with Crippen LogP contribution in [0.25, 0.3) is 10.9 Å². The summed E-state index contributed by atoms with van der Waals surface area (Å²) in [6.07, 6.45) is 0.965. The van der Waals surface area contributed by atoms with E-state index < -0.39 is 0 Å². The number of nitrogens with zero attached hydrogens (tertiary/aromatic N) is 1. The fourth-order valence-electron chi connectivity index (χ4n) is 2.74. The molecule has 0 saturated heterocycles. The Kier molecular flexibility index (Phi) is 5.58. The fraction of sp³-hybridized carbons (Fsp3) is 0.125. The van der Waals surface area contributed by atoms with Gasteiger partial charge in [0, 0.05) is 11.1 Å². The van der Waals surface area contributed by atoms with E-state index in [2.05, 4.69) is 84.7 Å². The SMILES string of the molecule is Cc1ccc2ccc(Cc3ccccc3)cc2n1.Cc1ccccc1. The molecule has 0 unspecified atom stereocenters. The zero-order valence-electron chi connectivity index (χ0n) is 14.8. The molecule has 3 aromatic carbocycles. The van der Waals surface area contributed by atoms with Crippen LogP contribution in [0.15, 0.2) is 91.0 Å². The lowest BCUT2D eigenvalue weighted by atomic mass is 10.0. The van der Waals surface area contributed by atoms with Crippen molar-refractivity contribution in [1.82, 2.24) is 4.98 Å². The first-order chi connectivity index (χ1) is 12.2. The van der Waals surface area contributed by atoms with Gasteiger partial charge in [-0.2, -0.15) is 0 Å². The molecule has 0 bridgehead atoms. The number of pyridine rings is 1. The predicted molar refractivity (Wildman–Crippen MR) is 107 cm³/mol. The third kappa shape index (κ3) is 5.02. The van der Waals surface area contributed by atoms with Gasteiger partial charge in [0.2, 0.25) is 0 Å². The Labute approximate surface area is 150 Å². The minimum absolute atomic E-state index is 0.965. The van der Waals surface area contributed by atoms with Crippen LogP contribution in [-0.4, -0.2) is 4.98 Å². The molecule has 124 valence electrons. The molecular formula is C24H23N. The minimum atomic E-state index is 0.965. The molecule has 1 nitrogen and oxygen atoms in total. The summed E-state index contributed by atoms with van der Waals surface area (Å²) in [5.41, 5.74) is 6.13. The maximum atomic E-state index is 4.58. The van der Waals surface area contributed by atoms with Crippen molar-refractivity contribution in [2.45, 2.75) is 20.3 Å². The van der Waals surface area contributed by atoms with Crippen LogP contribution in [0.3, 0.4) is 0 Å². The van der Waals surface area contributed by atoms with E-state index in [-0.39, 0.29) is 0 Å². The van der Waals surface area contributed by atoms with Gasteiger partial charge in [-0.05, 0) is 43.5 Å². The number of rotatable bonds is 2. The lowest BCUT2D eigenvalue weighted by Gasteiger charge is -2.04. The standard InChI is InChI=1S/C17H15N.C7H8/c1-13-7-9-16-10-8-15(12-17(16)18-13)11-14-5-3-2-4-6-14;1-7-5-3-2-4-6-7/h2-10,12H,11H2,1H3;2-6H,1H3. The van der Waals surface area contributed by atoms with Gasteiger partial charge in [0.1, 0.15) is 0 Å². The van der Waals surface area contributed by atoms with Crippen LogP contribution in [0.2, 0.25) is 0 Å². The van der Waals surface area contributed by atoms with Gasteiger partial charge in [-0.3, -0.25) is 4.98 Å². The molecule has 25 heavy (non-hydrogen) atoms. The van der Waals surface area contributed by atoms with Crippen LogP contribution in [0.1, 0.15) is 22.4 Å². The number of aryl methyl sites for hydroxylation is 2. The maximum absolute atomic E-state index is 4.58. The van der Waals surface area contributed by atoms with E-state index >= 15 is 0 Å². The average Bonchev–Trinajstić information content (AvgIpc) is 2.63. The number of aromatic nitrogens is 1. The molecule has 0 aliphatic carbocycles. The molecule has 1 heteroatoms. The molecule has 4 rings (SSSR count). The maximum Gasteiger partial charge on any atom is 0.0708 e. The van der Waals surface area contributed by atoms with Gasteiger partial charge in [0.05, 0.1) is 5.52 Å². The van der Waals surface area contributed by atoms with Crippen LogP contribution < -0.4 is 0 Å². The van der Waals surface area contributed by atoms with Gasteiger partial charge in [-0.25, -0.2) is 0 Å². The monoisotopic (exact) mass is 325 g/mol. The fourth-order valence-corrected chi connectivity index (χ4v) is 2.74. The molecular weight excluding hydrogens is 302 g/mol. The summed E-state index contributed by atoms with van der Waals surface area (Å²) in [7, 11) is 0. The summed E-state index contributed by atoms with van der Waals surface area (Å²) in [6, 6.07) is 31.5. The summed E-state index contributed by atoms with van der Waals surface area (Å²) in [5, 5.41) is 1.21. The smallest absolute Gasteiger partial charge is 0.0708 e. The van der Waals surface area contributed by atoms with Gasteiger partial charge >= 0.3 is 0 Å². The molecule has 0 fully saturated rings. The van der Waals surface area contributed by atoms with E-state index in [0.29, 0.717) is 0 Å². The van der Waals surface area contributed by atoms with E-state index in [0.717, 1.165) is 17.6 Å². The van der Waals surface area contributed by atoms with Crippen LogP contribution in [0, 0.1) is 13.8 Å².